The third-order valence-corrected chi connectivity index (χ3v) is 3.41. The van der Waals surface area contributed by atoms with E-state index < -0.39 is 5.60 Å². The van der Waals surface area contributed by atoms with Gasteiger partial charge in [-0.25, -0.2) is 4.99 Å². The standard InChI is InChI=1S/C17H25NO2/c1-16(2)12-20-15(18-16)14(11-17(3,4)19)10-13-8-6-5-7-9-13/h5-9,14,19H,10-12H2,1-4H3. The lowest BCUT2D eigenvalue weighted by Crippen LogP contribution is -2.29. The first-order chi connectivity index (χ1) is 9.25. The summed E-state index contributed by atoms with van der Waals surface area (Å²) in [5, 5.41) is 10.1. The van der Waals surface area contributed by atoms with Crippen molar-refractivity contribution < 1.29 is 9.84 Å². The zero-order valence-corrected chi connectivity index (χ0v) is 12.9. The van der Waals surface area contributed by atoms with Crippen LogP contribution in [0.2, 0.25) is 0 Å². The molecule has 0 saturated heterocycles. The van der Waals surface area contributed by atoms with Crippen molar-refractivity contribution in [1.29, 1.82) is 0 Å². The molecule has 1 aromatic rings. The summed E-state index contributed by atoms with van der Waals surface area (Å²) >= 11 is 0. The number of hydrogen-bond acceptors (Lipinski definition) is 3. The number of nitrogens with zero attached hydrogens (tertiary/aromatic N) is 1. The van der Waals surface area contributed by atoms with Crippen LogP contribution in [0.15, 0.2) is 35.3 Å². The Morgan fingerprint density at radius 1 is 1.30 bits per heavy atom. The summed E-state index contributed by atoms with van der Waals surface area (Å²) in [4.78, 5) is 4.68. The van der Waals surface area contributed by atoms with Gasteiger partial charge in [0, 0.05) is 5.92 Å². The fourth-order valence-electron chi connectivity index (χ4n) is 2.57. The van der Waals surface area contributed by atoms with E-state index in [1.165, 1.54) is 5.56 Å². The van der Waals surface area contributed by atoms with Crippen molar-refractivity contribution in [3.63, 3.8) is 0 Å². The van der Waals surface area contributed by atoms with Gasteiger partial charge in [-0.1, -0.05) is 30.3 Å². The fourth-order valence-corrected chi connectivity index (χ4v) is 2.57. The van der Waals surface area contributed by atoms with Crippen molar-refractivity contribution in [2.75, 3.05) is 6.61 Å². The zero-order chi connectivity index (χ0) is 14.8. The molecular weight excluding hydrogens is 250 g/mol. The Morgan fingerprint density at radius 2 is 1.95 bits per heavy atom. The smallest absolute Gasteiger partial charge is 0.187 e. The molecule has 3 heteroatoms. The molecule has 0 saturated carbocycles. The van der Waals surface area contributed by atoms with Gasteiger partial charge in [-0.3, -0.25) is 0 Å². The molecule has 20 heavy (non-hydrogen) atoms. The Bertz CT molecular complexity index is 472. The van der Waals surface area contributed by atoms with E-state index in [2.05, 4.69) is 31.0 Å². The molecule has 0 aromatic heterocycles. The van der Waals surface area contributed by atoms with E-state index in [1.54, 1.807) is 0 Å². The molecule has 110 valence electrons. The number of aliphatic hydroxyl groups is 1. The minimum absolute atomic E-state index is 0.124. The van der Waals surface area contributed by atoms with E-state index in [9.17, 15) is 5.11 Å². The number of rotatable bonds is 5. The number of ether oxygens (including phenoxy) is 1. The van der Waals surface area contributed by atoms with Crippen LogP contribution in [-0.2, 0) is 11.2 Å². The first-order valence-corrected chi connectivity index (χ1v) is 7.24. The topological polar surface area (TPSA) is 41.8 Å². The average molecular weight is 275 g/mol. The lowest BCUT2D eigenvalue weighted by atomic mass is 9.88. The second kappa shape index (κ2) is 5.57. The summed E-state index contributed by atoms with van der Waals surface area (Å²) < 4.78 is 5.79. The van der Waals surface area contributed by atoms with E-state index >= 15 is 0 Å². The molecule has 1 unspecified atom stereocenters. The summed E-state index contributed by atoms with van der Waals surface area (Å²) in [5.74, 6) is 0.917. The van der Waals surface area contributed by atoms with Gasteiger partial charge in [0.05, 0.1) is 11.1 Å². The van der Waals surface area contributed by atoms with Crippen molar-refractivity contribution in [3.05, 3.63) is 35.9 Å². The highest BCUT2D eigenvalue weighted by atomic mass is 16.5. The molecule has 0 bridgehead atoms. The molecule has 1 N–H and O–H groups in total. The molecule has 0 spiro atoms. The van der Waals surface area contributed by atoms with E-state index in [4.69, 9.17) is 4.74 Å². The van der Waals surface area contributed by atoms with E-state index in [0.717, 1.165) is 12.3 Å². The Morgan fingerprint density at radius 3 is 2.45 bits per heavy atom. The molecule has 0 fully saturated rings. The predicted octanol–water partition coefficient (Wildman–Crippen LogP) is 3.21. The maximum atomic E-state index is 10.1. The van der Waals surface area contributed by atoms with Gasteiger partial charge in [0.1, 0.15) is 6.61 Å². The highest BCUT2D eigenvalue weighted by molar-refractivity contribution is 5.81. The van der Waals surface area contributed by atoms with Crippen LogP contribution in [0.25, 0.3) is 0 Å². The molecule has 2 rings (SSSR count). The highest BCUT2D eigenvalue weighted by Crippen LogP contribution is 2.28. The highest BCUT2D eigenvalue weighted by Gasteiger charge is 2.33. The number of aliphatic imine (C=N–C) groups is 1. The van der Waals surface area contributed by atoms with Crippen LogP contribution < -0.4 is 0 Å². The van der Waals surface area contributed by atoms with Crippen molar-refractivity contribution >= 4 is 5.90 Å². The van der Waals surface area contributed by atoms with Crippen molar-refractivity contribution in [3.8, 4) is 0 Å². The molecule has 1 heterocycles. The van der Waals surface area contributed by atoms with Crippen molar-refractivity contribution in [1.82, 2.24) is 0 Å². The minimum atomic E-state index is -0.724. The van der Waals surface area contributed by atoms with Crippen LogP contribution in [0, 0.1) is 5.92 Å². The van der Waals surface area contributed by atoms with Crippen LogP contribution in [0.5, 0.6) is 0 Å². The normalized spacial score (nSPS) is 19.4. The maximum Gasteiger partial charge on any atom is 0.187 e. The fraction of sp³-hybridized carbons (Fsp3) is 0.588. The Kier molecular flexibility index (Phi) is 4.19. The second-order valence-electron chi connectivity index (χ2n) is 6.95. The van der Waals surface area contributed by atoms with E-state index in [-0.39, 0.29) is 11.5 Å². The van der Waals surface area contributed by atoms with Gasteiger partial charge in [-0.2, -0.15) is 0 Å². The first kappa shape index (κ1) is 15.0. The summed E-state index contributed by atoms with van der Waals surface area (Å²) in [6.45, 7) is 8.45. The molecule has 3 nitrogen and oxygen atoms in total. The average Bonchev–Trinajstić information content (AvgIpc) is 2.68. The van der Waals surface area contributed by atoms with Crippen LogP contribution in [0.3, 0.4) is 0 Å². The molecule has 1 aromatic carbocycles. The van der Waals surface area contributed by atoms with Gasteiger partial charge in [-0.05, 0) is 46.1 Å². The molecule has 0 amide bonds. The van der Waals surface area contributed by atoms with E-state index in [1.807, 2.05) is 32.0 Å². The Labute approximate surface area is 121 Å². The lowest BCUT2D eigenvalue weighted by Gasteiger charge is -2.24. The summed E-state index contributed by atoms with van der Waals surface area (Å²) in [7, 11) is 0. The largest absolute Gasteiger partial charge is 0.478 e. The molecule has 0 aliphatic carbocycles. The zero-order valence-electron chi connectivity index (χ0n) is 12.9. The first-order valence-electron chi connectivity index (χ1n) is 7.24. The quantitative estimate of drug-likeness (QED) is 0.896. The number of benzene rings is 1. The minimum Gasteiger partial charge on any atom is -0.478 e. The van der Waals surface area contributed by atoms with Crippen LogP contribution in [0.1, 0.15) is 39.7 Å². The third-order valence-electron chi connectivity index (χ3n) is 3.41. The van der Waals surface area contributed by atoms with Crippen LogP contribution in [-0.4, -0.2) is 28.8 Å². The SMILES string of the molecule is CC(C)(O)CC(Cc1ccccc1)C1=NC(C)(C)CO1. The van der Waals surface area contributed by atoms with Gasteiger partial charge in [0.25, 0.3) is 0 Å². The molecule has 1 aliphatic heterocycles. The number of hydrogen-bond donors (Lipinski definition) is 1. The molecule has 1 aliphatic rings. The van der Waals surface area contributed by atoms with Crippen molar-refractivity contribution in [2.24, 2.45) is 10.9 Å². The van der Waals surface area contributed by atoms with E-state index in [0.29, 0.717) is 13.0 Å². The van der Waals surface area contributed by atoms with Gasteiger partial charge in [-0.15, -0.1) is 0 Å². The monoisotopic (exact) mass is 275 g/mol. The van der Waals surface area contributed by atoms with Gasteiger partial charge >= 0.3 is 0 Å². The summed E-state index contributed by atoms with van der Waals surface area (Å²) in [6, 6.07) is 10.3. The molecule has 1 atom stereocenters. The van der Waals surface area contributed by atoms with Gasteiger partial charge in [0.15, 0.2) is 5.90 Å². The van der Waals surface area contributed by atoms with Gasteiger partial charge in [0.2, 0.25) is 0 Å². The Hall–Kier alpha value is -1.35. The molecule has 0 radical (unpaired) electrons. The third kappa shape index (κ3) is 4.34. The molecular formula is C17H25NO2. The lowest BCUT2D eigenvalue weighted by molar-refractivity contribution is 0.0585. The summed E-state index contributed by atoms with van der Waals surface area (Å²) in [5.41, 5.74) is 0.375. The van der Waals surface area contributed by atoms with Crippen LogP contribution in [0.4, 0.5) is 0 Å². The van der Waals surface area contributed by atoms with Crippen molar-refractivity contribution in [2.45, 2.75) is 51.7 Å². The van der Waals surface area contributed by atoms with Gasteiger partial charge < -0.3 is 9.84 Å². The second-order valence-corrected chi connectivity index (χ2v) is 6.95. The van der Waals surface area contributed by atoms with Crippen LogP contribution >= 0.6 is 0 Å². The predicted molar refractivity (Wildman–Crippen MR) is 82.0 cm³/mol. The Balaban J connectivity index is 2.18. The maximum absolute atomic E-state index is 10.1. The summed E-state index contributed by atoms with van der Waals surface area (Å²) in [6.07, 6.45) is 1.50.